The molecule has 1 N–H and O–H groups in total. The lowest BCUT2D eigenvalue weighted by Crippen LogP contribution is -2.37. The SMILES string of the molecule is COc1ccccc1-c1nnc(S[C@@H](C)C(=O)NCC(F)(F)F)o1. The number of hydrogen-bond donors (Lipinski definition) is 1. The number of nitrogens with zero attached hydrogens (tertiary/aromatic N) is 2. The van der Waals surface area contributed by atoms with Gasteiger partial charge in [-0.05, 0) is 19.1 Å². The molecule has 0 bridgehead atoms. The van der Waals surface area contributed by atoms with Gasteiger partial charge in [0, 0.05) is 0 Å². The first kappa shape index (κ1) is 18.1. The van der Waals surface area contributed by atoms with Gasteiger partial charge in [-0.3, -0.25) is 4.79 Å². The average molecular weight is 361 g/mol. The molecule has 2 aromatic rings. The highest BCUT2D eigenvalue weighted by Gasteiger charge is 2.29. The molecule has 24 heavy (non-hydrogen) atoms. The van der Waals surface area contributed by atoms with Crippen LogP contribution < -0.4 is 10.1 Å². The molecule has 130 valence electrons. The Morgan fingerprint density at radius 1 is 1.38 bits per heavy atom. The highest BCUT2D eigenvalue weighted by Crippen LogP contribution is 2.31. The number of amides is 1. The molecule has 0 unspecified atom stereocenters. The number of thioether (sulfide) groups is 1. The highest BCUT2D eigenvalue weighted by atomic mass is 32.2. The van der Waals surface area contributed by atoms with Crippen LogP contribution in [0.2, 0.25) is 0 Å². The molecule has 1 heterocycles. The van der Waals surface area contributed by atoms with Crippen molar-refractivity contribution < 1.29 is 27.1 Å². The van der Waals surface area contributed by atoms with Crippen molar-refractivity contribution in [2.45, 2.75) is 23.6 Å². The first-order valence-electron chi connectivity index (χ1n) is 6.78. The summed E-state index contributed by atoms with van der Waals surface area (Å²) in [6.45, 7) is 0.0659. The molecule has 0 saturated heterocycles. The van der Waals surface area contributed by atoms with E-state index in [9.17, 15) is 18.0 Å². The molecule has 10 heteroatoms. The standard InChI is InChI=1S/C14H14F3N3O3S/c1-8(11(21)18-7-14(15,16)17)24-13-20-19-12(23-13)9-5-3-4-6-10(9)22-2/h3-6,8H,7H2,1-2H3,(H,18,21)/t8-/m0/s1. The van der Waals surface area contributed by atoms with E-state index < -0.39 is 23.9 Å². The molecule has 0 spiro atoms. The zero-order valence-electron chi connectivity index (χ0n) is 12.8. The number of carbonyl (C=O) groups excluding carboxylic acids is 1. The monoisotopic (exact) mass is 361 g/mol. The quantitative estimate of drug-likeness (QED) is 0.797. The van der Waals surface area contributed by atoms with Crippen LogP contribution in [0, 0.1) is 0 Å². The molecule has 0 radical (unpaired) electrons. The second kappa shape index (κ2) is 7.56. The number of ether oxygens (including phenoxy) is 1. The van der Waals surface area contributed by atoms with Gasteiger partial charge in [0.2, 0.25) is 5.91 Å². The van der Waals surface area contributed by atoms with Crippen LogP contribution in [0.3, 0.4) is 0 Å². The molecule has 0 aliphatic rings. The Kier molecular flexibility index (Phi) is 5.71. The van der Waals surface area contributed by atoms with Crippen LogP contribution in [-0.2, 0) is 4.79 Å². The molecule has 0 saturated carbocycles. The summed E-state index contributed by atoms with van der Waals surface area (Å²) in [5.41, 5.74) is 0.577. The van der Waals surface area contributed by atoms with Crippen LogP contribution in [0.15, 0.2) is 33.9 Å². The van der Waals surface area contributed by atoms with E-state index in [4.69, 9.17) is 9.15 Å². The predicted octanol–water partition coefficient (Wildman–Crippen LogP) is 2.90. The number of nitrogens with one attached hydrogen (secondary N) is 1. The predicted molar refractivity (Wildman–Crippen MR) is 80.7 cm³/mol. The van der Waals surface area contributed by atoms with Crippen LogP contribution in [0.5, 0.6) is 5.75 Å². The number of aromatic nitrogens is 2. The summed E-state index contributed by atoms with van der Waals surface area (Å²) in [5.74, 6) is -0.0408. The van der Waals surface area contributed by atoms with Crippen LogP contribution in [0.1, 0.15) is 6.92 Å². The van der Waals surface area contributed by atoms with Crippen molar-refractivity contribution in [1.29, 1.82) is 0 Å². The van der Waals surface area contributed by atoms with Crippen LogP contribution in [0.4, 0.5) is 13.2 Å². The van der Waals surface area contributed by atoms with Crippen LogP contribution in [0.25, 0.3) is 11.5 Å². The summed E-state index contributed by atoms with van der Waals surface area (Å²) in [4.78, 5) is 11.6. The zero-order chi connectivity index (χ0) is 17.7. The minimum atomic E-state index is -4.46. The smallest absolute Gasteiger partial charge is 0.405 e. The van der Waals surface area contributed by atoms with Crippen molar-refractivity contribution >= 4 is 17.7 Å². The molecule has 1 aromatic heterocycles. The Labute approximate surface area is 139 Å². The molecule has 2 rings (SSSR count). The summed E-state index contributed by atoms with van der Waals surface area (Å²) < 4.78 is 46.9. The van der Waals surface area contributed by atoms with E-state index in [0.717, 1.165) is 11.8 Å². The lowest BCUT2D eigenvalue weighted by molar-refractivity contribution is -0.137. The van der Waals surface area contributed by atoms with E-state index in [0.29, 0.717) is 11.3 Å². The van der Waals surface area contributed by atoms with Gasteiger partial charge in [-0.1, -0.05) is 23.9 Å². The summed E-state index contributed by atoms with van der Waals surface area (Å²) in [6, 6.07) is 6.99. The average Bonchev–Trinajstić information content (AvgIpc) is 3.00. The van der Waals surface area contributed by atoms with Gasteiger partial charge in [0.05, 0.1) is 17.9 Å². The van der Waals surface area contributed by atoms with Crippen molar-refractivity contribution in [3.8, 4) is 17.2 Å². The lowest BCUT2D eigenvalue weighted by atomic mass is 10.2. The number of hydrogen-bond acceptors (Lipinski definition) is 6. The topological polar surface area (TPSA) is 77.2 Å². The summed E-state index contributed by atoms with van der Waals surface area (Å²) in [6.07, 6.45) is -4.46. The number of para-hydroxylation sites is 1. The fourth-order valence-corrected chi connectivity index (χ4v) is 2.43. The summed E-state index contributed by atoms with van der Waals surface area (Å²) in [5, 5.41) is 8.71. The van der Waals surface area contributed by atoms with Crippen LogP contribution in [-0.4, -0.2) is 41.2 Å². The Bertz CT molecular complexity index is 706. The minimum absolute atomic E-state index is 0.0746. The van der Waals surface area contributed by atoms with Gasteiger partial charge in [0.1, 0.15) is 12.3 Å². The number of methoxy groups -OCH3 is 1. The normalized spacial score (nSPS) is 12.7. The molecule has 1 aromatic carbocycles. The number of halogens is 3. The Balaban J connectivity index is 2.02. The summed E-state index contributed by atoms with van der Waals surface area (Å²) in [7, 11) is 1.50. The van der Waals surface area contributed by atoms with E-state index >= 15 is 0 Å². The zero-order valence-corrected chi connectivity index (χ0v) is 13.6. The molecule has 1 amide bonds. The van der Waals surface area contributed by atoms with Crippen molar-refractivity contribution in [3.05, 3.63) is 24.3 Å². The fourth-order valence-electron chi connectivity index (χ4n) is 1.72. The van der Waals surface area contributed by atoms with Gasteiger partial charge >= 0.3 is 6.18 Å². The number of carbonyl (C=O) groups is 1. The van der Waals surface area contributed by atoms with E-state index in [1.165, 1.54) is 14.0 Å². The van der Waals surface area contributed by atoms with Gasteiger partial charge in [0.25, 0.3) is 11.1 Å². The van der Waals surface area contributed by atoms with Gasteiger partial charge < -0.3 is 14.5 Å². The Hall–Kier alpha value is -2.23. The van der Waals surface area contributed by atoms with Crippen molar-refractivity contribution in [2.24, 2.45) is 0 Å². The van der Waals surface area contributed by atoms with E-state index in [2.05, 4.69) is 10.2 Å². The fraction of sp³-hybridized carbons (Fsp3) is 0.357. The van der Waals surface area contributed by atoms with Crippen molar-refractivity contribution in [1.82, 2.24) is 15.5 Å². The second-order valence-electron chi connectivity index (χ2n) is 4.67. The van der Waals surface area contributed by atoms with Gasteiger partial charge in [-0.15, -0.1) is 10.2 Å². The molecule has 6 nitrogen and oxygen atoms in total. The number of alkyl halides is 3. The molecular weight excluding hydrogens is 347 g/mol. The molecule has 0 aliphatic carbocycles. The molecule has 1 atom stereocenters. The maximum atomic E-state index is 12.1. The molecule has 0 aliphatic heterocycles. The van der Waals surface area contributed by atoms with Gasteiger partial charge in [-0.25, -0.2) is 0 Å². The summed E-state index contributed by atoms with van der Waals surface area (Å²) >= 11 is 0.871. The Morgan fingerprint density at radius 3 is 2.75 bits per heavy atom. The first-order chi connectivity index (χ1) is 11.3. The third kappa shape index (κ3) is 4.88. The Morgan fingerprint density at radius 2 is 2.08 bits per heavy atom. The maximum Gasteiger partial charge on any atom is 0.405 e. The van der Waals surface area contributed by atoms with Crippen molar-refractivity contribution in [3.63, 3.8) is 0 Å². The third-order valence-electron chi connectivity index (χ3n) is 2.85. The number of rotatable bonds is 6. The first-order valence-corrected chi connectivity index (χ1v) is 7.66. The maximum absolute atomic E-state index is 12.1. The van der Waals surface area contributed by atoms with Gasteiger partial charge in [0.15, 0.2) is 0 Å². The van der Waals surface area contributed by atoms with E-state index in [1.807, 2.05) is 0 Å². The van der Waals surface area contributed by atoms with Gasteiger partial charge in [-0.2, -0.15) is 13.2 Å². The van der Waals surface area contributed by atoms with E-state index in [-0.39, 0.29) is 11.1 Å². The van der Waals surface area contributed by atoms with Crippen molar-refractivity contribution in [2.75, 3.05) is 13.7 Å². The molecule has 0 fully saturated rings. The lowest BCUT2D eigenvalue weighted by Gasteiger charge is -2.11. The largest absolute Gasteiger partial charge is 0.496 e. The molecular formula is C14H14F3N3O3S. The second-order valence-corrected chi connectivity index (χ2v) is 5.96. The third-order valence-corrected chi connectivity index (χ3v) is 3.79. The highest BCUT2D eigenvalue weighted by molar-refractivity contribution is 8.00. The minimum Gasteiger partial charge on any atom is -0.496 e. The van der Waals surface area contributed by atoms with E-state index in [1.54, 1.807) is 29.6 Å². The number of benzene rings is 1. The van der Waals surface area contributed by atoms with Crippen LogP contribution >= 0.6 is 11.8 Å².